The fourth-order valence-electron chi connectivity index (χ4n) is 0.852. The average Bonchev–Trinajstić information content (AvgIpc) is 2.03. The van der Waals surface area contributed by atoms with E-state index >= 15 is 0 Å². The van der Waals surface area contributed by atoms with Gasteiger partial charge in [-0.05, 0) is 20.5 Å². The Bertz CT molecular complexity index is 160. The summed E-state index contributed by atoms with van der Waals surface area (Å²) >= 11 is 0. The first-order valence-electron chi connectivity index (χ1n) is 4.11. The van der Waals surface area contributed by atoms with Crippen molar-refractivity contribution in [3.05, 3.63) is 12.7 Å². The molecular formula is C9H18INO2. The van der Waals surface area contributed by atoms with E-state index in [1.807, 2.05) is 19.0 Å². The Kier molecular flexibility index (Phi) is 10.0. The number of halogens is 1. The minimum Gasteiger partial charge on any atom is -0.443 e. The summed E-state index contributed by atoms with van der Waals surface area (Å²) < 4.78 is 5.07. The van der Waals surface area contributed by atoms with Crippen molar-refractivity contribution in [2.45, 2.75) is 26.0 Å². The molecule has 0 rings (SSSR count). The van der Waals surface area contributed by atoms with Crippen LogP contribution in [0.15, 0.2) is 12.7 Å². The van der Waals surface area contributed by atoms with E-state index in [1.165, 1.54) is 6.08 Å². The maximum absolute atomic E-state index is 10.8. The number of hydrogen-bond donors (Lipinski definition) is 0. The first-order valence-corrected chi connectivity index (χ1v) is 4.11. The van der Waals surface area contributed by atoms with Gasteiger partial charge in [0.1, 0.15) is 0 Å². The van der Waals surface area contributed by atoms with Gasteiger partial charge in [-0.25, -0.2) is 4.79 Å². The highest BCUT2D eigenvalue weighted by Gasteiger charge is 2.12. The van der Waals surface area contributed by atoms with Crippen molar-refractivity contribution in [1.29, 1.82) is 0 Å². The smallest absolute Gasteiger partial charge is 0.331 e. The molecule has 0 amide bonds. The summed E-state index contributed by atoms with van der Waals surface area (Å²) in [6, 6.07) is 0. The number of carbonyl (C=O) groups excluding carboxylic acids is 1. The Balaban J connectivity index is 0. The van der Waals surface area contributed by atoms with Gasteiger partial charge < -0.3 is 4.74 Å². The van der Waals surface area contributed by atoms with Crippen molar-refractivity contribution < 1.29 is 9.53 Å². The SMILES string of the molecule is C=CC(=O)OC(CCC)N(C)C.I. The maximum atomic E-state index is 10.8. The van der Waals surface area contributed by atoms with Crippen molar-refractivity contribution >= 4 is 29.9 Å². The molecule has 78 valence electrons. The third-order valence-electron chi connectivity index (χ3n) is 1.53. The van der Waals surface area contributed by atoms with E-state index in [2.05, 4.69) is 13.5 Å². The van der Waals surface area contributed by atoms with Crippen molar-refractivity contribution in [2.75, 3.05) is 14.1 Å². The summed E-state index contributed by atoms with van der Waals surface area (Å²) in [5, 5.41) is 0. The highest BCUT2D eigenvalue weighted by Crippen LogP contribution is 2.04. The van der Waals surface area contributed by atoms with Crippen molar-refractivity contribution in [2.24, 2.45) is 0 Å². The Labute approximate surface area is 97.1 Å². The molecule has 0 aromatic rings. The normalized spacial score (nSPS) is 11.7. The van der Waals surface area contributed by atoms with E-state index in [9.17, 15) is 4.79 Å². The van der Waals surface area contributed by atoms with Gasteiger partial charge in [0.2, 0.25) is 0 Å². The predicted octanol–water partition coefficient (Wildman–Crippen LogP) is 2.02. The van der Waals surface area contributed by atoms with E-state index in [0.29, 0.717) is 0 Å². The first kappa shape index (κ1) is 15.4. The molecule has 4 heteroatoms. The fourth-order valence-corrected chi connectivity index (χ4v) is 0.852. The monoisotopic (exact) mass is 299 g/mol. The lowest BCUT2D eigenvalue weighted by atomic mass is 10.3. The quantitative estimate of drug-likeness (QED) is 0.337. The number of ether oxygens (including phenoxy) is 1. The molecule has 0 fully saturated rings. The number of carbonyl (C=O) groups is 1. The van der Waals surface area contributed by atoms with Gasteiger partial charge in [-0.15, -0.1) is 24.0 Å². The van der Waals surface area contributed by atoms with Crippen LogP contribution in [0, 0.1) is 0 Å². The molecule has 0 radical (unpaired) electrons. The summed E-state index contributed by atoms with van der Waals surface area (Å²) in [5.74, 6) is -0.359. The molecule has 3 nitrogen and oxygen atoms in total. The van der Waals surface area contributed by atoms with E-state index in [0.717, 1.165) is 12.8 Å². The van der Waals surface area contributed by atoms with Crippen LogP contribution in [0.5, 0.6) is 0 Å². The zero-order chi connectivity index (χ0) is 9.56. The topological polar surface area (TPSA) is 29.5 Å². The average molecular weight is 299 g/mol. The zero-order valence-corrected chi connectivity index (χ0v) is 10.8. The van der Waals surface area contributed by atoms with Crippen LogP contribution >= 0.6 is 24.0 Å². The molecule has 1 unspecified atom stereocenters. The molecule has 1 atom stereocenters. The number of hydrogen-bond acceptors (Lipinski definition) is 3. The van der Waals surface area contributed by atoms with Gasteiger partial charge >= 0.3 is 5.97 Å². The lowest BCUT2D eigenvalue weighted by Crippen LogP contribution is -2.32. The predicted molar refractivity (Wildman–Crippen MR) is 64.1 cm³/mol. The first-order chi connectivity index (χ1) is 5.61. The minimum absolute atomic E-state index is 0. The Morgan fingerprint density at radius 2 is 2.15 bits per heavy atom. The summed E-state index contributed by atoms with van der Waals surface area (Å²) in [4.78, 5) is 12.7. The van der Waals surface area contributed by atoms with Crippen LogP contribution in [-0.2, 0) is 9.53 Å². The molecule has 0 aliphatic rings. The molecule has 0 aliphatic carbocycles. The van der Waals surface area contributed by atoms with Gasteiger partial charge in [-0.1, -0.05) is 19.9 Å². The van der Waals surface area contributed by atoms with Gasteiger partial charge in [-0.3, -0.25) is 4.90 Å². The Morgan fingerprint density at radius 1 is 1.62 bits per heavy atom. The van der Waals surface area contributed by atoms with Gasteiger partial charge in [0.05, 0.1) is 0 Å². The third-order valence-corrected chi connectivity index (χ3v) is 1.53. The fraction of sp³-hybridized carbons (Fsp3) is 0.667. The lowest BCUT2D eigenvalue weighted by Gasteiger charge is -2.22. The highest BCUT2D eigenvalue weighted by molar-refractivity contribution is 14.0. The Hall–Kier alpha value is -0.100. The van der Waals surface area contributed by atoms with Crippen LogP contribution < -0.4 is 0 Å². The number of esters is 1. The Morgan fingerprint density at radius 3 is 2.46 bits per heavy atom. The standard InChI is InChI=1S/C9H17NO2.HI/c1-5-7-8(10(3)4)12-9(11)6-2;/h6,8H,2,5,7H2,1,3-4H3;1H. The van der Waals surface area contributed by atoms with Gasteiger partial charge in [0, 0.05) is 6.08 Å². The molecule has 0 saturated heterocycles. The summed E-state index contributed by atoms with van der Waals surface area (Å²) in [6.07, 6.45) is 2.91. The zero-order valence-electron chi connectivity index (χ0n) is 8.45. The molecule has 0 saturated carbocycles. The van der Waals surface area contributed by atoms with Crippen LogP contribution in [0.25, 0.3) is 0 Å². The van der Waals surface area contributed by atoms with Gasteiger partial charge in [0.15, 0.2) is 6.23 Å². The number of nitrogens with zero attached hydrogens (tertiary/aromatic N) is 1. The molecule has 0 aliphatic heterocycles. The molecule has 13 heavy (non-hydrogen) atoms. The van der Waals surface area contributed by atoms with Crippen LogP contribution in [0.2, 0.25) is 0 Å². The molecule has 0 heterocycles. The second-order valence-electron chi connectivity index (χ2n) is 2.85. The number of rotatable bonds is 5. The van der Waals surface area contributed by atoms with Gasteiger partial charge in [-0.2, -0.15) is 0 Å². The molecule has 0 bridgehead atoms. The maximum Gasteiger partial charge on any atom is 0.331 e. The second kappa shape index (κ2) is 8.50. The highest BCUT2D eigenvalue weighted by atomic mass is 127. The summed E-state index contributed by atoms with van der Waals surface area (Å²) in [5.41, 5.74) is 0. The van der Waals surface area contributed by atoms with Crippen LogP contribution in [0.4, 0.5) is 0 Å². The molecule has 0 spiro atoms. The van der Waals surface area contributed by atoms with Crippen molar-refractivity contribution in [3.63, 3.8) is 0 Å². The molecular weight excluding hydrogens is 281 g/mol. The second-order valence-corrected chi connectivity index (χ2v) is 2.85. The summed E-state index contributed by atoms with van der Waals surface area (Å²) in [6.45, 7) is 5.39. The molecule has 0 aromatic carbocycles. The van der Waals surface area contributed by atoms with Crippen molar-refractivity contribution in [1.82, 2.24) is 4.90 Å². The molecule has 0 N–H and O–H groups in total. The summed E-state index contributed by atoms with van der Waals surface area (Å²) in [7, 11) is 3.77. The van der Waals surface area contributed by atoms with Crippen LogP contribution in [0.3, 0.4) is 0 Å². The minimum atomic E-state index is -0.359. The largest absolute Gasteiger partial charge is 0.443 e. The van der Waals surface area contributed by atoms with E-state index < -0.39 is 0 Å². The van der Waals surface area contributed by atoms with E-state index in [4.69, 9.17) is 4.74 Å². The third kappa shape index (κ3) is 7.01. The van der Waals surface area contributed by atoms with E-state index in [1.54, 1.807) is 0 Å². The van der Waals surface area contributed by atoms with Crippen molar-refractivity contribution in [3.8, 4) is 0 Å². The molecule has 0 aromatic heterocycles. The van der Waals surface area contributed by atoms with Crippen LogP contribution in [0.1, 0.15) is 19.8 Å². The van der Waals surface area contributed by atoms with Crippen LogP contribution in [-0.4, -0.2) is 31.2 Å². The lowest BCUT2D eigenvalue weighted by molar-refractivity contribution is -0.151. The van der Waals surface area contributed by atoms with E-state index in [-0.39, 0.29) is 36.2 Å². The van der Waals surface area contributed by atoms with Gasteiger partial charge in [0.25, 0.3) is 0 Å².